The van der Waals surface area contributed by atoms with Crippen LogP contribution in [-0.4, -0.2) is 87.2 Å². The van der Waals surface area contributed by atoms with Crippen molar-refractivity contribution in [3.8, 4) is 0 Å². The van der Waals surface area contributed by atoms with Crippen molar-refractivity contribution in [3.05, 3.63) is 0 Å². The molecule has 2 aliphatic heterocycles. The first-order chi connectivity index (χ1) is 10.2. The largest absolute Gasteiger partial charge is 0.469 e. The highest BCUT2D eigenvalue weighted by Crippen LogP contribution is 2.14. The van der Waals surface area contributed by atoms with Gasteiger partial charge in [-0.05, 0) is 6.42 Å². The minimum absolute atomic E-state index is 0.0404. The number of hydrogen-bond donors (Lipinski definition) is 2. The van der Waals surface area contributed by atoms with Crippen LogP contribution in [0.3, 0.4) is 0 Å². The number of nitrogens with one attached hydrogen (secondary N) is 2. The number of amides is 1. The summed E-state index contributed by atoms with van der Waals surface area (Å²) in [4.78, 5) is 27.3. The van der Waals surface area contributed by atoms with Gasteiger partial charge >= 0.3 is 5.97 Å². The lowest BCUT2D eigenvalue weighted by Gasteiger charge is -2.46. The molecule has 2 heterocycles. The molecule has 21 heavy (non-hydrogen) atoms. The van der Waals surface area contributed by atoms with Crippen LogP contribution < -0.4 is 10.6 Å². The summed E-state index contributed by atoms with van der Waals surface area (Å²) in [6.07, 6.45) is 0.980. The zero-order valence-corrected chi connectivity index (χ0v) is 12.8. The van der Waals surface area contributed by atoms with Gasteiger partial charge in [-0.25, -0.2) is 0 Å². The fourth-order valence-electron chi connectivity index (χ4n) is 2.77. The molecule has 0 saturated carbocycles. The van der Waals surface area contributed by atoms with Crippen LogP contribution in [-0.2, 0) is 14.3 Å². The van der Waals surface area contributed by atoms with E-state index in [4.69, 9.17) is 0 Å². The summed E-state index contributed by atoms with van der Waals surface area (Å²) in [6.45, 7) is 7.31. The zero-order valence-electron chi connectivity index (χ0n) is 12.8. The van der Waals surface area contributed by atoms with Crippen LogP contribution in [0, 0.1) is 0 Å². The summed E-state index contributed by atoms with van der Waals surface area (Å²) in [5.41, 5.74) is 0. The van der Waals surface area contributed by atoms with Crippen molar-refractivity contribution in [3.63, 3.8) is 0 Å². The molecule has 2 N–H and O–H groups in total. The Balaban J connectivity index is 1.51. The molecule has 2 saturated heterocycles. The fourth-order valence-corrected chi connectivity index (χ4v) is 2.77. The van der Waals surface area contributed by atoms with Crippen molar-refractivity contribution in [2.24, 2.45) is 0 Å². The number of methoxy groups -OCH3 is 1. The van der Waals surface area contributed by atoms with Gasteiger partial charge in [0.1, 0.15) is 0 Å². The van der Waals surface area contributed by atoms with Crippen molar-refractivity contribution >= 4 is 11.9 Å². The summed E-state index contributed by atoms with van der Waals surface area (Å²) >= 11 is 0. The van der Waals surface area contributed by atoms with Crippen molar-refractivity contribution in [2.45, 2.75) is 18.9 Å². The Labute approximate surface area is 126 Å². The lowest BCUT2D eigenvalue weighted by molar-refractivity contribution is -0.140. The standard InChI is InChI=1S/C14H26N4O3/c1-21-14(20)3-2-4-16-13(19)11-17-9-12(10-17)18-7-5-15-6-8-18/h12,15H,2-11H2,1H3,(H,16,19). The molecule has 0 aromatic heterocycles. The highest BCUT2D eigenvalue weighted by atomic mass is 16.5. The van der Waals surface area contributed by atoms with Gasteiger partial charge in [-0.15, -0.1) is 0 Å². The zero-order chi connectivity index (χ0) is 15.1. The van der Waals surface area contributed by atoms with Gasteiger partial charge in [-0.3, -0.25) is 19.4 Å². The highest BCUT2D eigenvalue weighted by Gasteiger charge is 2.32. The van der Waals surface area contributed by atoms with E-state index in [0.29, 0.717) is 32.0 Å². The van der Waals surface area contributed by atoms with E-state index < -0.39 is 0 Å². The summed E-state index contributed by atoms with van der Waals surface area (Å²) in [7, 11) is 1.37. The van der Waals surface area contributed by atoms with Gasteiger partial charge < -0.3 is 15.4 Å². The van der Waals surface area contributed by atoms with Crippen LogP contribution in [0.5, 0.6) is 0 Å². The summed E-state index contributed by atoms with van der Waals surface area (Å²) in [5, 5.41) is 6.19. The lowest BCUT2D eigenvalue weighted by atomic mass is 10.1. The molecule has 120 valence electrons. The molecule has 0 atom stereocenters. The van der Waals surface area contributed by atoms with Crippen LogP contribution >= 0.6 is 0 Å². The number of carbonyl (C=O) groups is 2. The number of nitrogens with zero attached hydrogens (tertiary/aromatic N) is 2. The van der Waals surface area contributed by atoms with Crippen molar-refractivity contribution in [1.29, 1.82) is 0 Å². The second-order valence-electron chi connectivity index (χ2n) is 5.66. The van der Waals surface area contributed by atoms with E-state index in [9.17, 15) is 9.59 Å². The third kappa shape index (κ3) is 5.26. The first-order valence-electron chi connectivity index (χ1n) is 7.69. The molecular weight excluding hydrogens is 272 g/mol. The monoisotopic (exact) mass is 298 g/mol. The van der Waals surface area contributed by atoms with E-state index in [1.165, 1.54) is 7.11 Å². The van der Waals surface area contributed by atoms with Gasteiger partial charge in [0.15, 0.2) is 0 Å². The minimum Gasteiger partial charge on any atom is -0.469 e. The fraction of sp³-hybridized carbons (Fsp3) is 0.857. The minimum atomic E-state index is -0.231. The summed E-state index contributed by atoms with van der Waals surface area (Å²) in [6, 6.07) is 0.610. The Morgan fingerprint density at radius 2 is 2.00 bits per heavy atom. The lowest BCUT2D eigenvalue weighted by Crippen LogP contribution is -2.63. The summed E-state index contributed by atoms with van der Waals surface area (Å²) in [5.74, 6) is -0.190. The van der Waals surface area contributed by atoms with E-state index >= 15 is 0 Å². The summed E-state index contributed by atoms with van der Waals surface area (Å²) < 4.78 is 4.55. The average molecular weight is 298 g/mol. The molecule has 7 nitrogen and oxygen atoms in total. The molecule has 7 heteroatoms. The van der Waals surface area contributed by atoms with E-state index in [1.807, 2.05) is 0 Å². The van der Waals surface area contributed by atoms with Crippen LogP contribution in [0.1, 0.15) is 12.8 Å². The molecule has 0 bridgehead atoms. The second kappa shape index (κ2) is 8.31. The maximum Gasteiger partial charge on any atom is 0.305 e. The normalized spacial score (nSPS) is 20.8. The van der Waals surface area contributed by atoms with Crippen LogP contribution in [0.25, 0.3) is 0 Å². The molecule has 2 aliphatic rings. The quantitative estimate of drug-likeness (QED) is 0.447. The topological polar surface area (TPSA) is 73.9 Å². The van der Waals surface area contributed by atoms with Crippen LogP contribution in [0.4, 0.5) is 0 Å². The number of esters is 1. The molecule has 0 radical (unpaired) electrons. The van der Waals surface area contributed by atoms with Gasteiger partial charge in [-0.2, -0.15) is 0 Å². The number of likely N-dealkylation sites (tertiary alicyclic amines) is 1. The third-order valence-corrected chi connectivity index (χ3v) is 4.08. The second-order valence-corrected chi connectivity index (χ2v) is 5.66. The number of hydrogen-bond acceptors (Lipinski definition) is 6. The molecule has 0 unspecified atom stereocenters. The van der Waals surface area contributed by atoms with Gasteiger partial charge in [0.05, 0.1) is 13.7 Å². The molecule has 2 rings (SSSR count). The first kappa shape index (κ1) is 16.2. The van der Waals surface area contributed by atoms with E-state index in [1.54, 1.807) is 0 Å². The van der Waals surface area contributed by atoms with Gasteiger partial charge in [0, 0.05) is 58.3 Å². The number of carbonyl (C=O) groups excluding carboxylic acids is 2. The Hall–Kier alpha value is -1.18. The number of rotatable bonds is 7. The SMILES string of the molecule is COC(=O)CCCNC(=O)CN1CC(N2CCNCC2)C1. The van der Waals surface area contributed by atoms with Crippen molar-refractivity contribution in [2.75, 3.05) is 59.5 Å². The van der Waals surface area contributed by atoms with E-state index in [2.05, 4.69) is 25.2 Å². The van der Waals surface area contributed by atoms with Crippen molar-refractivity contribution < 1.29 is 14.3 Å². The van der Waals surface area contributed by atoms with E-state index in [-0.39, 0.29) is 11.9 Å². The molecule has 0 spiro atoms. The Bertz CT molecular complexity index is 352. The smallest absolute Gasteiger partial charge is 0.305 e. The highest BCUT2D eigenvalue weighted by molar-refractivity contribution is 5.78. The molecule has 2 fully saturated rings. The van der Waals surface area contributed by atoms with Gasteiger partial charge in [-0.1, -0.05) is 0 Å². The third-order valence-electron chi connectivity index (χ3n) is 4.08. The molecular formula is C14H26N4O3. The maximum absolute atomic E-state index is 11.8. The predicted molar refractivity (Wildman–Crippen MR) is 78.9 cm³/mol. The van der Waals surface area contributed by atoms with Gasteiger partial charge in [0.2, 0.25) is 5.91 Å². The first-order valence-corrected chi connectivity index (χ1v) is 7.69. The molecule has 0 aromatic rings. The van der Waals surface area contributed by atoms with E-state index in [0.717, 1.165) is 39.3 Å². The Morgan fingerprint density at radius 3 is 2.67 bits per heavy atom. The predicted octanol–water partition coefficient (Wildman–Crippen LogP) is -1.35. The number of piperazine rings is 1. The Kier molecular flexibility index (Phi) is 6.41. The molecule has 1 amide bonds. The van der Waals surface area contributed by atoms with Crippen molar-refractivity contribution in [1.82, 2.24) is 20.4 Å². The maximum atomic E-state index is 11.8. The van der Waals surface area contributed by atoms with Crippen LogP contribution in [0.15, 0.2) is 0 Å². The molecule has 0 aromatic carbocycles. The Morgan fingerprint density at radius 1 is 1.29 bits per heavy atom. The average Bonchev–Trinajstić information content (AvgIpc) is 2.47. The van der Waals surface area contributed by atoms with Crippen LogP contribution in [0.2, 0.25) is 0 Å². The molecule has 0 aliphatic carbocycles. The number of ether oxygens (including phenoxy) is 1. The van der Waals surface area contributed by atoms with Gasteiger partial charge in [0.25, 0.3) is 0 Å².